The molecule has 26 heavy (non-hydrogen) atoms. The maximum atomic E-state index is 4.41. The lowest BCUT2D eigenvalue weighted by molar-refractivity contribution is 0.589. The fraction of sp³-hybridized carbons (Fsp3) is 0.286. The van der Waals surface area contributed by atoms with E-state index in [1.165, 1.54) is 16.8 Å². The maximum Gasteiger partial charge on any atom is 0.152 e. The van der Waals surface area contributed by atoms with E-state index in [1.54, 1.807) is 0 Å². The summed E-state index contributed by atoms with van der Waals surface area (Å²) in [6.45, 7) is 8.46. The third-order valence-corrected chi connectivity index (χ3v) is 4.90. The summed E-state index contributed by atoms with van der Waals surface area (Å²) in [4.78, 5) is 2.43. The van der Waals surface area contributed by atoms with Gasteiger partial charge in [-0.3, -0.25) is 5.10 Å². The van der Waals surface area contributed by atoms with E-state index in [9.17, 15) is 0 Å². The minimum atomic E-state index is 0.832. The van der Waals surface area contributed by atoms with Gasteiger partial charge in [-0.1, -0.05) is 29.8 Å². The molecule has 4 rings (SSSR count). The van der Waals surface area contributed by atoms with E-state index in [2.05, 4.69) is 82.0 Å². The first-order valence-electron chi connectivity index (χ1n) is 9.15. The fourth-order valence-corrected chi connectivity index (χ4v) is 3.31. The average molecular weight is 347 g/mol. The van der Waals surface area contributed by atoms with Gasteiger partial charge in [-0.2, -0.15) is 5.10 Å². The van der Waals surface area contributed by atoms with Crippen LogP contribution in [-0.4, -0.2) is 36.4 Å². The van der Waals surface area contributed by atoms with E-state index in [0.717, 1.165) is 48.9 Å². The minimum absolute atomic E-state index is 0.832. The smallest absolute Gasteiger partial charge is 0.152 e. The number of piperazine rings is 1. The SMILES string of the molecule is Cc1ccc(-c2cc(Nc3ccc(N4CCNCC4)cc3C)n[nH]2)cc1. The quantitative estimate of drug-likeness (QED) is 0.671. The number of rotatable bonds is 4. The number of aromatic nitrogens is 2. The van der Waals surface area contributed by atoms with Crippen molar-refractivity contribution >= 4 is 17.2 Å². The van der Waals surface area contributed by atoms with Crippen LogP contribution in [0.1, 0.15) is 11.1 Å². The van der Waals surface area contributed by atoms with E-state index in [1.807, 2.05) is 6.07 Å². The molecule has 1 aromatic heterocycles. The van der Waals surface area contributed by atoms with Crippen LogP contribution in [0.4, 0.5) is 17.2 Å². The van der Waals surface area contributed by atoms with Crippen LogP contribution in [0.3, 0.4) is 0 Å². The third-order valence-electron chi connectivity index (χ3n) is 4.90. The first kappa shape index (κ1) is 16.7. The van der Waals surface area contributed by atoms with Gasteiger partial charge in [-0.15, -0.1) is 0 Å². The first-order chi connectivity index (χ1) is 12.7. The Kier molecular flexibility index (Phi) is 4.63. The molecule has 1 saturated heterocycles. The molecular formula is C21H25N5. The molecule has 2 aromatic carbocycles. The van der Waals surface area contributed by atoms with Crippen LogP contribution in [0, 0.1) is 13.8 Å². The summed E-state index contributed by atoms with van der Waals surface area (Å²) >= 11 is 0. The van der Waals surface area contributed by atoms with Crippen LogP contribution < -0.4 is 15.5 Å². The standard InChI is InChI=1S/C21H25N5/c1-15-3-5-17(6-4-15)20-14-21(25-24-20)23-19-8-7-18(13-16(19)2)26-11-9-22-10-12-26/h3-8,13-14,22H,9-12H2,1-2H3,(H2,23,24,25). The Balaban J connectivity index is 1.49. The van der Waals surface area contributed by atoms with Crippen LogP contribution in [0.25, 0.3) is 11.3 Å². The van der Waals surface area contributed by atoms with Gasteiger partial charge >= 0.3 is 0 Å². The average Bonchev–Trinajstić information content (AvgIpc) is 3.13. The monoisotopic (exact) mass is 347 g/mol. The van der Waals surface area contributed by atoms with Gasteiger partial charge in [0.25, 0.3) is 0 Å². The third kappa shape index (κ3) is 3.58. The zero-order chi connectivity index (χ0) is 17.9. The van der Waals surface area contributed by atoms with Gasteiger partial charge in [-0.05, 0) is 43.2 Å². The first-order valence-corrected chi connectivity index (χ1v) is 9.15. The van der Waals surface area contributed by atoms with Crippen LogP contribution in [0.15, 0.2) is 48.5 Å². The number of aryl methyl sites for hydroxylation is 2. The number of aromatic amines is 1. The van der Waals surface area contributed by atoms with Gasteiger partial charge in [0.15, 0.2) is 5.82 Å². The molecule has 5 heteroatoms. The minimum Gasteiger partial charge on any atom is -0.369 e. The second kappa shape index (κ2) is 7.22. The second-order valence-electron chi connectivity index (χ2n) is 6.89. The van der Waals surface area contributed by atoms with Crippen molar-refractivity contribution in [3.63, 3.8) is 0 Å². The summed E-state index contributed by atoms with van der Waals surface area (Å²) in [7, 11) is 0. The molecule has 0 radical (unpaired) electrons. The van der Waals surface area contributed by atoms with E-state index in [0.29, 0.717) is 0 Å². The van der Waals surface area contributed by atoms with E-state index in [4.69, 9.17) is 0 Å². The van der Waals surface area contributed by atoms with Crippen LogP contribution in [0.5, 0.6) is 0 Å². The number of H-pyrrole nitrogens is 1. The van der Waals surface area contributed by atoms with E-state index >= 15 is 0 Å². The predicted molar refractivity (Wildman–Crippen MR) is 108 cm³/mol. The second-order valence-corrected chi connectivity index (χ2v) is 6.89. The van der Waals surface area contributed by atoms with Crippen molar-refractivity contribution < 1.29 is 0 Å². The Morgan fingerprint density at radius 2 is 1.73 bits per heavy atom. The van der Waals surface area contributed by atoms with Crippen molar-refractivity contribution in [3.05, 3.63) is 59.7 Å². The Bertz CT molecular complexity index is 876. The molecule has 2 heterocycles. The Hall–Kier alpha value is -2.79. The summed E-state index contributed by atoms with van der Waals surface area (Å²) in [6.07, 6.45) is 0. The molecule has 1 fully saturated rings. The highest BCUT2D eigenvalue weighted by molar-refractivity contribution is 5.69. The van der Waals surface area contributed by atoms with Crippen molar-refractivity contribution in [3.8, 4) is 11.3 Å². The van der Waals surface area contributed by atoms with E-state index < -0.39 is 0 Å². The molecule has 0 saturated carbocycles. The normalized spacial score (nSPS) is 14.5. The van der Waals surface area contributed by atoms with Crippen molar-refractivity contribution in [1.82, 2.24) is 15.5 Å². The molecule has 0 aliphatic carbocycles. The molecule has 134 valence electrons. The molecule has 0 bridgehead atoms. The molecular weight excluding hydrogens is 322 g/mol. The number of benzene rings is 2. The van der Waals surface area contributed by atoms with Crippen LogP contribution in [0.2, 0.25) is 0 Å². The molecule has 0 unspecified atom stereocenters. The fourth-order valence-electron chi connectivity index (χ4n) is 3.31. The van der Waals surface area contributed by atoms with Crippen molar-refractivity contribution in [2.45, 2.75) is 13.8 Å². The molecule has 0 atom stereocenters. The summed E-state index contributed by atoms with van der Waals surface area (Å²) in [6, 6.07) is 17.1. The number of hydrogen-bond acceptors (Lipinski definition) is 4. The van der Waals surface area contributed by atoms with Gasteiger partial charge in [0, 0.05) is 43.6 Å². The summed E-state index contributed by atoms with van der Waals surface area (Å²) < 4.78 is 0. The van der Waals surface area contributed by atoms with Gasteiger partial charge in [0.1, 0.15) is 0 Å². The van der Waals surface area contributed by atoms with Crippen molar-refractivity contribution in [2.75, 3.05) is 36.4 Å². The molecule has 3 aromatic rings. The van der Waals surface area contributed by atoms with Gasteiger partial charge in [-0.25, -0.2) is 0 Å². The molecule has 1 aliphatic heterocycles. The Morgan fingerprint density at radius 3 is 2.46 bits per heavy atom. The highest BCUT2D eigenvalue weighted by Crippen LogP contribution is 2.27. The highest BCUT2D eigenvalue weighted by Gasteiger charge is 2.12. The lowest BCUT2D eigenvalue weighted by Crippen LogP contribution is -2.43. The molecule has 1 aliphatic rings. The molecule has 5 nitrogen and oxygen atoms in total. The number of nitrogens with zero attached hydrogens (tertiary/aromatic N) is 2. The molecule has 0 spiro atoms. The van der Waals surface area contributed by atoms with Gasteiger partial charge < -0.3 is 15.5 Å². The largest absolute Gasteiger partial charge is 0.369 e. The van der Waals surface area contributed by atoms with Gasteiger partial charge in [0.2, 0.25) is 0 Å². The zero-order valence-electron chi connectivity index (χ0n) is 15.3. The lowest BCUT2D eigenvalue weighted by atomic mass is 10.1. The summed E-state index contributed by atoms with van der Waals surface area (Å²) in [5, 5.41) is 14.4. The summed E-state index contributed by atoms with van der Waals surface area (Å²) in [5.41, 5.74) is 7.01. The zero-order valence-corrected chi connectivity index (χ0v) is 15.3. The number of anilines is 3. The highest BCUT2D eigenvalue weighted by atomic mass is 15.2. The number of hydrogen-bond donors (Lipinski definition) is 3. The molecule has 3 N–H and O–H groups in total. The molecule has 0 amide bonds. The Morgan fingerprint density at radius 1 is 0.962 bits per heavy atom. The maximum absolute atomic E-state index is 4.41. The van der Waals surface area contributed by atoms with Crippen molar-refractivity contribution in [2.24, 2.45) is 0 Å². The number of nitrogens with one attached hydrogen (secondary N) is 3. The van der Waals surface area contributed by atoms with E-state index in [-0.39, 0.29) is 0 Å². The lowest BCUT2D eigenvalue weighted by Gasteiger charge is -2.30. The predicted octanol–water partition coefficient (Wildman–Crippen LogP) is 3.85. The van der Waals surface area contributed by atoms with Crippen LogP contribution in [-0.2, 0) is 0 Å². The Labute approximate surface area is 154 Å². The van der Waals surface area contributed by atoms with Gasteiger partial charge in [0.05, 0.1) is 5.69 Å². The summed E-state index contributed by atoms with van der Waals surface area (Å²) in [5.74, 6) is 0.832. The van der Waals surface area contributed by atoms with Crippen molar-refractivity contribution in [1.29, 1.82) is 0 Å². The topological polar surface area (TPSA) is 56.0 Å². The van der Waals surface area contributed by atoms with Crippen LogP contribution >= 0.6 is 0 Å².